The molecule has 1 atom stereocenters. The quantitative estimate of drug-likeness (QED) is 0.845. The molecule has 0 aromatic heterocycles. The first kappa shape index (κ1) is 15.3. The van der Waals surface area contributed by atoms with E-state index in [0.29, 0.717) is 17.2 Å². The van der Waals surface area contributed by atoms with Crippen molar-refractivity contribution in [2.75, 3.05) is 33.9 Å². The molecule has 1 aliphatic rings. The summed E-state index contributed by atoms with van der Waals surface area (Å²) in [5.41, 5.74) is 0.628. The molecule has 1 aromatic rings. The Morgan fingerprint density at radius 1 is 1.55 bits per heavy atom. The number of amides is 1. The summed E-state index contributed by atoms with van der Waals surface area (Å²) in [7, 11) is 3.43. The maximum atomic E-state index is 12.5. The highest BCUT2D eigenvalue weighted by Gasteiger charge is 2.21. The van der Waals surface area contributed by atoms with Crippen LogP contribution in [0.5, 0.6) is 5.75 Å². The molecule has 0 spiro atoms. The van der Waals surface area contributed by atoms with Crippen LogP contribution >= 0.6 is 15.9 Å². The summed E-state index contributed by atoms with van der Waals surface area (Å²) in [6, 6.07) is 5.43. The van der Waals surface area contributed by atoms with Gasteiger partial charge in [-0.25, -0.2) is 0 Å². The number of carbonyl (C=O) groups excluding carboxylic acids is 1. The fourth-order valence-corrected chi connectivity index (χ4v) is 2.84. The second-order valence-electron chi connectivity index (χ2n) is 5.11. The second-order valence-corrected chi connectivity index (χ2v) is 5.97. The molecular formula is C15H20BrNO3. The van der Waals surface area contributed by atoms with Crippen LogP contribution in [0.2, 0.25) is 0 Å². The molecule has 1 heterocycles. The molecule has 0 N–H and O–H groups in total. The molecule has 2 rings (SSSR count). The molecule has 1 aliphatic heterocycles. The van der Waals surface area contributed by atoms with E-state index in [-0.39, 0.29) is 5.91 Å². The van der Waals surface area contributed by atoms with E-state index in [9.17, 15) is 4.79 Å². The lowest BCUT2D eigenvalue weighted by Crippen LogP contribution is -2.35. The van der Waals surface area contributed by atoms with Crippen molar-refractivity contribution >= 4 is 21.8 Å². The zero-order valence-electron chi connectivity index (χ0n) is 11.9. The number of ether oxygens (including phenoxy) is 2. The van der Waals surface area contributed by atoms with E-state index < -0.39 is 0 Å². The first-order chi connectivity index (χ1) is 9.61. The minimum Gasteiger partial charge on any atom is -0.497 e. The number of benzene rings is 1. The number of methoxy groups -OCH3 is 1. The number of hydrogen-bond donors (Lipinski definition) is 0. The van der Waals surface area contributed by atoms with Gasteiger partial charge in [-0.3, -0.25) is 4.79 Å². The van der Waals surface area contributed by atoms with Gasteiger partial charge in [0.15, 0.2) is 0 Å². The van der Waals surface area contributed by atoms with Crippen LogP contribution in [0.15, 0.2) is 22.7 Å². The lowest BCUT2D eigenvalue weighted by atomic mass is 10.0. The molecule has 1 amide bonds. The van der Waals surface area contributed by atoms with Gasteiger partial charge in [0, 0.05) is 24.7 Å². The molecule has 5 heteroatoms. The van der Waals surface area contributed by atoms with E-state index in [1.807, 2.05) is 19.2 Å². The zero-order chi connectivity index (χ0) is 14.5. The Labute approximate surface area is 128 Å². The van der Waals surface area contributed by atoms with E-state index in [4.69, 9.17) is 9.47 Å². The van der Waals surface area contributed by atoms with Crippen molar-refractivity contribution in [3.05, 3.63) is 28.2 Å². The highest BCUT2D eigenvalue weighted by atomic mass is 79.9. The smallest absolute Gasteiger partial charge is 0.254 e. The Bertz CT molecular complexity index is 472. The number of nitrogens with zero attached hydrogens (tertiary/aromatic N) is 1. The Kier molecular flexibility index (Phi) is 5.43. The average molecular weight is 342 g/mol. The number of carbonyl (C=O) groups is 1. The van der Waals surface area contributed by atoms with E-state index >= 15 is 0 Å². The number of halogens is 1. The molecular weight excluding hydrogens is 322 g/mol. The Hall–Kier alpha value is -1.07. The first-order valence-electron chi connectivity index (χ1n) is 6.78. The predicted octanol–water partition coefficient (Wildman–Crippen LogP) is 2.96. The maximum Gasteiger partial charge on any atom is 0.254 e. The topological polar surface area (TPSA) is 38.8 Å². The van der Waals surface area contributed by atoms with Gasteiger partial charge in [-0.05, 0) is 52.9 Å². The van der Waals surface area contributed by atoms with Gasteiger partial charge in [0.05, 0.1) is 19.3 Å². The van der Waals surface area contributed by atoms with E-state index in [0.717, 1.165) is 37.1 Å². The predicted molar refractivity (Wildman–Crippen MR) is 81.2 cm³/mol. The van der Waals surface area contributed by atoms with Crippen molar-refractivity contribution < 1.29 is 14.3 Å². The maximum absolute atomic E-state index is 12.5. The lowest BCUT2D eigenvalue weighted by molar-refractivity contribution is 0.0388. The summed E-state index contributed by atoms with van der Waals surface area (Å²) in [5, 5.41) is 0. The Balaban J connectivity index is 2.05. The Morgan fingerprint density at radius 3 is 3.00 bits per heavy atom. The van der Waals surface area contributed by atoms with Crippen molar-refractivity contribution in [2.24, 2.45) is 5.92 Å². The van der Waals surface area contributed by atoms with Crippen LogP contribution in [0.4, 0.5) is 0 Å². The third kappa shape index (κ3) is 3.73. The summed E-state index contributed by atoms with van der Waals surface area (Å²) >= 11 is 3.43. The van der Waals surface area contributed by atoms with Crippen molar-refractivity contribution in [3.63, 3.8) is 0 Å². The summed E-state index contributed by atoms with van der Waals surface area (Å²) in [5.74, 6) is 1.12. The number of rotatable bonds is 4. The van der Waals surface area contributed by atoms with Gasteiger partial charge in [0.2, 0.25) is 0 Å². The van der Waals surface area contributed by atoms with Crippen molar-refractivity contribution in [1.29, 1.82) is 0 Å². The van der Waals surface area contributed by atoms with Crippen LogP contribution in [-0.4, -0.2) is 44.7 Å². The molecule has 110 valence electrons. The van der Waals surface area contributed by atoms with E-state index in [1.165, 1.54) is 0 Å². The van der Waals surface area contributed by atoms with Gasteiger partial charge in [-0.15, -0.1) is 0 Å². The van der Waals surface area contributed by atoms with Gasteiger partial charge in [-0.1, -0.05) is 0 Å². The van der Waals surface area contributed by atoms with Crippen molar-refractivity contribution in [3.8, 4) is 5.75 Å². The molecule has 0 aliphatic carbocycles. The number of hydrogen-bond acceptors (Lipinski definition) is 3. The molecule has 0 radical (unpaired) electrons. The van der Waals surface area contributed by atoms with Crippen molar-refractivity contribution in [2.45, 2.75) is 12.8 Å². The minimum atomic E-state index is 0.00125. The third-order valence-corrected chi connectivity index (χ3v) is 4.23. The zero-order valence-corrected chi connectivity index (χ0v) is 13.5. The summed E-state index contributed by atoms with van der Waals surface area (Å²) in [4.78, 5) is 14.3. The van der Waals surface area contributed by atoms with Crippen LogP contribution in [0.25, 0.3) is 0 Å². The average Bonchev–Trinajstić information content (AvgIpc) is 2.48. The molecule has 20 heavy (non-hydrogen) atoms. The molecule has 1 saturated heterocycles. The van der Waals surface area contributed by atoms with Crippen LogP contribution in [-0.2, 0) is 4.74 Å². The highest BCUT2D eigenvalue weighted by Crippen LogP contribution is 2.24. The summed E-state index contributed by atoms with van der Waals surface area (Å²) in [6.45, 7) is 2.31. The molecule has 0 bridgehead atoms. The summed E-state index contributed by atoms with van der Waals surface area (Å²) < 4.78 is 11.4. The lowest BCUT2D eigenvalue weighted by Gasteiger charge is -2.27. The van der Waals surface area contributed by atoms with Gasteiger partial charge < -0.3 is 14.4 Å². The van der Waals surface area contributed by atoms with Gasteiger partial charge >= 0.3 is 0 Å². The van der Waals surface area contributed by atoms with Gasteiger partial charge in [0.25, 0.3) is 5.91 Å². The monoisotopic (exact) mass is 341 g/mol. The van der Waals surface area contributed by atoms with E-state index in [1.54, 1.807) is 18.1 Å². The van der Waals surface area contributed by atoms with Gasteiger partial charge in [0.1, 0.15) is 5.75 Å². The standard InChI is InChI=1S/C15H20BrNO3/c1-17(9-11-4-3-7-20-10-11)15(18)13-8-12(19-2)5-6-14(13)16/h5-6,8,11H,3-4,7,9-10H2,1-2H3. The molecule has 0 saturated carbocycles. The van der Waals surface area contributed by atoms with E-state index in [2.05, 4.69) is 15.9 Å². The molecule has 4 nitrogen and oxygen atoms in total. The Morgan fingerprint density at radius 2 is 2.35 bits per heavy atom. The molecule has 1 fully saturated rings. The van der Waals surface area contributed by atoms with Crippen molar-refractivity contribution in [1.82, 2.24) is 4.90 Å². The fraction of sp³-hybridized carbons (Fsp3) is 0.533. The minimum absolute atomic E-state index is 0.00125. The van der Waals surface area contributed by atoms with Gasteiger partial charge in [-0.2, -0.15) is 0 Å². The SMILES string of the molecule is COc1ccc(Br)c(C(=O)N(C)CC2CCCOC2)c1. The third-order valence-electron chi connectivity index (χ3n) is 3.54. The first-order valence-corrected chi connectivity index (χ1v) is 7.58. The highest BCUT2D eigenvalue weighted by molar-refractivity contribution is 9.10. The largest absolute Gasteiger partial charge is 0.497 e. The van der Waals surface area contributed by atoms with Crippen LogP contribution in [0, 0.1) is 5.92 Å². The second kappa shape index (κ2) is 7.09. The fourth-order valence-electron chi connectivity index (χ4n) is 2.42. The van der Waals surface area contributed by atoms with Crippen LogP contribution < -0.4 is 4.74 Å². The van der Waals surface area contributed by atoms with Crippen LogP contribution in [0.3, 0.4) is 0 Å². The molecule has 1 aromatic carbocycles. The normalized spacial score (nSPS) is 18.6. The van der Waals surface area contributed by atoms with Crippen LogP contribution in [0.1, 0.15) is 23.2 Å². The summed E-state index contributed by atoms with van der Waals surface area (Å²) in [6.07, 6.45) is 2.20. The molecule has 1 unspecified atom stereocenters.